The molecule has 2 saturated heterocycles. The van der Waals surface area contributed by atoms with Crippen LogP contribution >= 0.6 is 0 Å². The maximum atomic E-state index is 13.1. The molecule has 8 nitrogen and oxygen atoms in total. The lowest BCUT2D eigenvalue weighted by molar-refractivity contribution is -0.148. The molecule has 2 aliphatic heterocycles. The number of morpholine rings is 1. The second kappa shape index (κ2) is 9.19. The molecule has 2 aromatic heterocycles. The highest BCUT2D eigenvalue weighted by molar-refractivity contribution is 5.99. The molecular weight excluding hydrogens is 408 g/mol. The first kappa shape index (κ1) is 22.7. The summed E-state index contributed by atoms with van der Waals surface area (Å²) in [5.74, 6) is 1.82. The predicted molar refractivity (Wildman–Crippen MR) is 120 cm³/mol. The van der Waals surface area contributed by atoms with Gasteiger partial charge in [-0.25, -0.2) is 0 Å². The van der Waals surface area contributed by atoms with Gasteiger partial charge in [0.15, 0.2) is 11.6 Å². The van der Waals surface area contributed by atoms with E-state index in [1.54, 1.807) is 0 Å². The number of piperidine rings is 1. The smallest absolute Gasteiger partial charge is 0.225 e. The van der Waals surface area contributed by atoms with Crippen LogP contribution in [0, 0.1) is 26.7 Å². The predicted octanol–water partition coefficient (Wildman–Crippen LogP) is 2.92. The minimum atomic E-state index is 0.0410. The number of hydrogen-bond acceptors (Lipinski definition) is 6. The molecule has 2 aliphatic rings. The standard InChI is InChI=1S/C24H34N4O4/c1-15-10-21(19(5)28(15)23-11-16(2)32-25-23)22(29)14-26-8-6-20(7-9-26)24(30)27-12-17(3)31-18(4)13-27/h10-11,17-18,20H,6-9,12-14H2,1-5H3. The molecule has 0 spiro atoms. The van der Waals surface area contributed by atoms with Crippen LogP contribution in [0.3, 0.4) is 0 Å². The first-order chi connectivity index (χ1) is 15.2. The van der Waals surface area contributed by atoms with Gasteiger partial charge < -0.3 is 14.2 Å². The van der Waals surface area contributed by atoms with Crippen molar-refractivity contribution in [3.8, 4) is 5.82 Å². The average molecular weight is 443 g/mol. The number of aromatic nitrogens is 2. The molecule has 8 heteroatoms. The van der Waals surface area contributed by atoms with Crippen LogP contribution in [0.1, 0.15) is 54.2 Å². The van der Waals surface area contributed by atoms with Crippen LogP contribution in [0.25, 0.3) is 5.82 Å². The molecule has 32 heavy (non-hydrogen) atoms. The Balaban J connectivity index is 1.35. The van der Waals surface area contributed by atoms with Gasteiger partial charge in [-0.1, -0.05) is 5.16 Å². The summed E-state index contributed by atoms with van der Waals surface area (Å²) in [5.41, 5.74) is 2.55. The third-order valence-electron chi connectivity index (χ3n) is 6.61. The second-order valence-corrected chi connectivity index (χ2v) is 9.39. The van der Waals surface area contributed by atoms with Gasteiger partial charge in [-0.15, -0.1) is 0 Å². The lowest BCUT2D eigenvalue weighted by Crippen LogP contribution is -2.51. The SMILES string of the molecule is Cc1cc(-n2c(C)cc(C(=O)CN3CCC(C(=O)N4CC(C)OC(C)C4)CC3)c2C)no1. The third kappa shape index (κ3) is 4.66. The minimum Gasteiger partial charge on any atom is -0.372 e. The van der Waals surface area contributed by atoms with Crippen LogP contribution in [0.15, 0.2) is 16.7 Å². The second-order valence-electron chi connectivity index (χ2n) is 9.39. The maximum absolute atomic E-state index is 13.1. The van der Waals surface area contributed by atoms with Crippen molar-refractivity contribution in [3.05, 3.63) is 34.8 Å². The number of hydrogen-bond donors (Lipinski definition) is 0. The summed E-state index contributed by atoms with van der Waals surface area (Å²) >= 11 is 0. The molecule has 4 heterocycles. The topological polar surface area (TPSA) is 80.8 Å². The van der Waals surface area contributed by atoms with E-state index in [4.69, 9.17) is 9.26 Å². The summed E-state index contributed by atoms with van der Waals surface area (Å²) in [4.78, 5) is 30.2. The Morgan fingerprint density at radius 2 is 1.72 bits per heavy atom. The number of likely N-dealkylation sites (tertiary alicyclic amines) is 1. The van der Waals surface area contributed by atoms with Crippen molar-refractivity contribution in [3.63, 3.8) is 0 Å². The van der Waals surface area contributed by atoms with Gasteiger partial charge in [-0.2, -0.15) is 0 Å². The lowest BCUT2D eigenvalue weighted by atomic mass is 9.94. The quantitative estimate of drug-likeness (QED) is 0.663. The Bertz CT molecular complexity index is 976. The normalized spacial score (nSPS) is 23.0. The molecule has 0 aromatic carbocycles. The number of ether oxygens (including phenoxy) is 1. The molecule has 2 aromatic rings. The summed E-state index contributed by atoms with van der Waals surface area (Å²) in [6.07, 6.45) is 1.76. The van der Waals surface area contributed by atoms with Crippen molar-refractivity contribution < 1.29 is 18.8 Å². The molecule has 2 fully saturated rings. The summed E-state index contributed by atoms with van der Waals surface area (Å²) < 4.78 is 12.9. The molecule has 1 amide bonds. The zero-order chi connectivity index (χ0) is 23.0. The van der Waals surface area contributed by atoms with Gasteiger partial charge >= 0.3 is 0 Å². The zero-order valence-electron chi connectivity index (χ0n) is 19.8. The highest BCUT2D eigenvalue weighted by Crippen LogP contribution is 2.24. The van der Waals surface area contributed by atoms with Crippen LogP contribution in [0.4, 0.5) is 0 Å². The van der Waals surface area contributed by atoms with E-state index < -0.39 is 0 Å². The van der Waals surface area contributed by atoms with Crippen LogP contribution in [0.2, 0.25) is 0 Å². The molecule has 0 bridgehead atoms. The Hall–Kier alpha value is -2.45. The van der Waals surface area contributed by atoms with Gasteiger partial charge in [0.05, 0.1) is 18.8 Å². The van der Waals surface area contributed by atoms with Gasteiger partial charge in [0.2, 0.25) is 5.91 Å². The zero-order valence-corrected chi connectivity index (χ0v) is 19.8. The first-order valence-corrected chi connectivity index (χ1v) is 11.6. The number of Topliss-reactive ketones (excluding diaryl/α,β-unsaturated/α-hetero) is 1. The highest BCUT2D eigenvalue weighted by Gasteiger charge is 2.33. The summed E-state index contributed by atoms with van der Waals surface area (Å²) in [7, 11) is 0. The fourth-order valence-corrected chi connectivity index (χ4v) is 5.10. The van der Waals surface area contributed by atoms with Crippen molar-refractivity contribution in [1.29, 1.82) is 0 Å². The van der Waals surface area contributed by atoms with Crippen LogP contribution in [-0.4, -0.2) is 76.1 Å². The Morgan fingerprint density at radius 1 is 1.06 bits per heavy atom. The summed E-state index contributed by atoms with van der Waals surface area (Å²) in [6, 6.07) is 3.80. The van der Waals surface area contributed by atoms with Gasteiger partial charge in [-0.05, 0) is 66.6 Å². The number of carbonyl (C=O) groups excluding carboxylic acids is 2. The van der Waals surface area contributed by atoms with E-state index in [2.05, 4.69) is 10.1 Å². The van der Waals surface area contributed by atoms with E-state index in [1.165, 1.54) is 0 Å². The summed E-state index contributed by atoms with van der Waals surface area (Å²) in [5, 5.41) is 4.09. The first-order valence-electron chi connectivity index (χ1n) is 11.6. The monoisotopic (exact) mass is 442 g/mol. The van der Waals surface area contributed by atoms with E-state index in [1.807, 2.05) is 56.2 Å². The molecule has 174 valence electrons. The van der Waals surface area contributed by atoms with Crippen molar-refractivity contribution in [2.24, 2.45) is 5.92 Å². The fraction of sp³-hybridized carbons (Fsp3) is 0.625. The van der Waals surface area contributed by atoms with Gasteiger partial charge in [-0.3, -0.25) is 19.1 Å². The van der Waals surface area contributed by atoms with E-state index in [0.29, 0.717) is 25.5 Å². The molecule has 2 unspecified atom stereocenters. The van der Waals surface area contributed by atoms with Gasteiger partial charge in [0.1, 0.15) is 5.76 Å². The number of aryl methyl sites for hydroxylation is 2. The molecule has 0 saturated carbocycles. The highest BCUT2D eigenvalue weighted by atomic mass is 16.5. The average Bonchev–Trinajstić information content (AvgIpc) is 3.29. The Morgan fingerprint density at radius 3 is 2.31 bits per heavy atom. The van der Waals surface area contributed by atoms with E-state index in [0.717, 1.165) is 48.6 Å². The van der Waals surface area contributed by atoms with E-state index in [-0.39, 0.29) is 29.8 Å². The van der Waals surface area contributed by atoms with Crippen molar-refractivity contribution in [2.75, 3.05) is 32.7 Å². The third-order valence-corrected chi connectivity index (χ3v) is 6.61. The van der Waals surface area contributed by atoms with Crippen molar-refractivity contribution in [2.45, 2.75) is 59.7 Å². The summed E-state index contributed by atoms with van der Waals surface area (Å²) in [6.45, 7) is 13.0. The number of amides is 1. The molecular formula is C24H34N4O4. The van der Waals surface area contributed by atoms with Gasteiger partial charge in [0, 0.05) is 42.0 Å². The van der Waals surface area contributed by atoms with Crippen molar-refractivity contribution in [1.82, 2.24) is 19.5 Å². The van der Waals surface area contributed by atoms with Crippen molar-refractivity contribution >= 4 is 11.7 Å². The fourth-order valence-electron chi connectivity index (χ4n) is 5.10. The van der Waals surface area contributed by atoms with Crippen LogP contribution in [0.5, 0.6) is 0 Å². The maximum Gasteiger partial charge on any atom is 0.225 e. The number of nitrogens with zero attached hydrogens (tertiary/aromatic N) is 4. The number of carbonyl (C=O) groups is 2. The largest absolute Gasteiger partial charge is 0.372 e. The van der Waals surface area contributed by atoms with Crippen LogP contribution < -0.4 is 0 Å². The Labute approximate surface area is 189 Å². The minimum absolute atomic E-state index is 0.0410. The van der Waals surface area contributed by atoms with E-state index in [9.17, 15) is 9.59 Å². The number of ketones is 1. The Kier molecular flexibility index (Phi) is 6.53. The van der Waals surface area contributed by atoms with E-state index >= 15 is 0 Å². The molecule has 0 radical (unpaired) electrons. The van der Waals surface area contributed by atoms with Gasteiger partial charge in [0.25, 0.3) is 0 Å². The molecule has 0 aliphatic carbocycles. The molecule has 0 N–H and O–H groups in total. The van der Waals surface area contributed by atoms with Crippen LogP contribution in [-0.2, 0) is 9.53 Å². The lowest BCUT2D eigenvalue weighted by Gasteiger charge is -2.39. The number of rotatable bonds is 5. The molecule has 4 rings (SSSR count). The molecule has 2 atom stereocenters.